The molecule has 166 valence electrons. The maximum atomic E-state index is 13.8. The molecule has 1 heterocycles. The Morgan fingerprint density at radius 2 is 1.84 bits per heavy atom. The molecule has 4 nitrogen and oxygen atoms in total. The smallest absolute Gasteiger partial charge is 0.226 e. The Hall–Kier alpha value is -2.11. The van der Waals surface area contributed by atoms with Gasteiger partial charge in [-0.15, -0.1) is 0 Å². The van der Waals surface area contributed by atoms with Gasteiger partial charge in [-0.05, 0) is 68.0 Å². The fraction of sp³-hybridized carbons (Fsp3) is 0.480. The van der Waals surface area contributed by atoms with Crippen molar-refractivity contribution >= 4 is 17.5 Å². The lowest BCUT2D eigenvalue weighted by Crippen LogP contribution is -2.42. The van der Waals surface area contributed by atoms with Crippen molar-refractivity contribution in [3.8, 4) is 5.75 Å². The first-order valence-corrected chi connectivity index (χ1v) is 11.5. The van der Waals surface area contributed by atoms with Crippen LogP contribution in [0.2, 0.25) is 5.02 Å². The first-order chi connectivity index (χ1) is 15.0. The van der Waals surface area contributed by atoms with Gasteiger partial charge in [0.25, 0.3) is 0 Å². The number of likely N-dealkylation sites (tertiary alicyclic amines) is 1. The number of ether oxygens (including phenoxy) is 1. The lowest BCUT2D eigenvalue weighted by atomic mass is 9.82. The van der Waals surface area contributed by atoms with Crippen LogP contribution in [0, 0.1) is 11.7 Å². The summed E-state index contributed by atoms with van der Waals surface area (Å²) in [7, 11) is 1.79. The number of nitrogens with zero attached hydrogens (tertiary/aromatic N) is 2. The zero-order chi connectivity index (χ0) is 21.8. The minimum atomic E-state index is -0.329. The van der Waals surface area contributed by atoms with Gasteiger partial charge in [0, 0.05) is 20.1 Å². The third-order valence-electron chi connectivity index (χ3n) is 6.38. The van der Waals surface area contributed by atoms with Gasteiger partial charge < -0.3 is 9.64 Å². The first kappa shape index (κ1) is 22.1. The lowest BCUT2D eigenvalue weighted by molar-refractivity contribution is -0.130. The van der Waals surface area contributed by atoms with Gasteiger partial charge >= 0.3 is 0 Å². The molecule has 0 atom stereocenters. The van der Waals surface area contributed by atoms with Crippen LogP contribution in [0.4, 0.5) is 4.39 Å². The Bertz CT molecular complexity index is 910. The average molecular weight is 445 g/mol. The van der Waals surface area contributed by atoms with E-state index in [4.69, 9.17) is 16.3 Å². The molecule has 4 rings (SSSR count). The molecule has 0 N–H and O–H groups in total. The van der Waals surface area contributed by atoms with Crippen molar-refractivity contribution in [1.29, 1.82) is 0 Å². The molecular weight excluding hydrogens is 415 g/mol. The molecular formula is C25H30ClFN2O2. The normalized spacial score (nSPS) is 21.0. The van der Waals surface area contributed by atoms with Crippen LogP contribution in [0.25, 0.3) is 0 Å². The van der Waals surface area contributed by atoms with Gasteiger partial charge in [-0.3, -0.25) is 9.69 Å². The van der Waals surface area contributed by atoms with E-state index in [1.54, 1.807) is 30.1 Å². The van der Waals surface area contributed by atoms with Crippen molar-refractivity contribution in [2.45, 2.75) is 44.8 Å². The number of carbonyl (C=O) groups is 1. The summed E-state index contributed by atoms with van der Waals surface area (Å²) in [6, 6.07) is 12.5. The zero-order valence-electron chi connectivity index (χ0n) is 18.0. The van der Waals surface area contributed by atoms with Crippen LogP contribution in [-0.2, 0) is 17.8 Å². The fourth-order valence-electron chi connectivity index (χ4n) is 4.48. The Labute approximate surface area is 188 Å². The zero-order valence-corrected chi connectivity index (χ0v) is 18.8. The first-order valence-electron chi connectivity index (χ1n) is 11.1. The summed E-state index contributed by atoms with van der Waals surface area (Å²) in [5.41, 5.74) is 1.56. The van der Waals surface area contributed by atoms with E-state index in [1.165, 1.54) is 18.9 Å². The molecule has 0 spiro atoms. The van der Waals surface area contributed by atoms with Crippen LogP contribution in [0.3, 0.4) is 0 Å². The topological polar surface area (TPSA) is 32.8 Å². The average Bonchev–Trinajstić information content (AvgIpc) is 3.23. The highest BCUT2D eigenvalue weighted by Gasteiger charge is 2.33. The number of amides is 1. The number of hydrogen-bond donors (Lipinski definition) is 0. The molecule has 2 aliphatic rings. The highest BCUT2D eigenvalue weighted by Crippen LogP contribution is 2.36. The van der Waals surface area contributed by atoms with Crippen molar-refractivity contribution in [2.75, 3.05) is 26.7 Å². The van der Waals surface area contributed by atoms with Gasteiger partial charge in [-0.25, -0.2) is 4.39 Å². The van der Waals surface area contributed by atoms with Gasteiger partial charge in [0.1, 0.15) is 11.6 Å². The van der Waals surface area contributed by atoms with Crippen LogP contribution in [-0.4, -0.2) is 48.5 Å². The molecule has 0 bridgehead atoms. The fourth-order valence-corrected chi connectivity index (χ4v) is 4.71. The lowest BCUT2D eigenvalue weighted by Gasteiger charge is -2.37. The standard InChI is InChI=1S/C25H30ClFN2O2/c1-28(24(30)15-19-7-2-3-9-22(19)27)16-18-13-21(14-18)31-23-10-6-8-20(25(23)26)17-29-11-4-5-12-29/h2-3,6-10,18,21H,4-5,11-17H2,1H3. The summed E-state index contributed by atoms with van der Waals surface area (Å²) < 4.78 is 20.0. The SMILES string of the molecule is CN(CC1CC(Oc2cccc(CN3CCCC3)c2Cl)C1)C(=O)Cc1ccccc1F. The summed E-state index contributed by atoms with van der Waals surface area (Å²) in [6.45, 7) is 3.80. The van der Waals surface area contributed by atoms with Crippen molar-refractivity contribution in [3.05, 3.63) is 64.4 Å². The van der Waals surface area contributed by atoms with Crippen LogP contribution in [0.1, 0.15) is 36.8 Å². The van der Waals surface area contributed by atoms with Crippen molar-refractivity contribution in [1.82, 2.24) is 9.80 Å². The molecule has 1 amide bonds. The van der Waals surface area contributed by atoms with Crippen LogP contribution in [0.5, 0.6) is 5.75 Å². The van der Waals surface area contributed by atoms with Crippen molar-refractivity contribution in [2.24, 2.45) is 5.92 Å². The molecule has 1 aliphatic carbocycles. The van der Waals surface area contributed by atoms with Crippen molar-refractivity contribution < 1.29 is 13.9 Å². The molecule has 0 radical (unpaired) electrons. The van der Waals surface area contributed by atoms with Gasteiger partial charge in [-0.2, -0.15) is 0 Å². The second-order valence-corrected chi connectivity index (χ2v) is 9.21. The van der Waals surface area contributed by atoms with E-state index in [2.05, 4.69) is 11.0 Å². The number of likely N-dealkylation sites (N-methyl/N-ethyl adjacent to an activating group) is 1. The van der Waals surface area contributed by atoms with E-state index in [0.717, 1.165) is 48.8 Å². The van der Waals surface area contributed by atoms with E-state index in [0.29, 0.717) is 18.0 Å². The maximum absolute atomic E-state index is 13.8. The van der Waals surface area contributed by atoms with Crippen LogP contribution in [0.15, 0.2) is 42.5 Å². The molecule has 0 unspecified atom stereocenters. The Morgan fingerprint density at radius 3 is 2.58 bits per heavy atom. The number of halogens is 2. The molecule has 0 aromatic heterocycles. The highest BCUT2D eigenvalue weighted by molar-refractivity contribution is 6.32. The van der Waals surface area contributed by atoms with Crippen LogP contribution < -0.4 is 4.74 Å². The number of rotatable bonds is 8. The van der Waals surface area contributed by atoms with E-state index >= 15 is 0 Å². The van der Waals surface area contributed by atoms with E-state index in [-0.39, 0.29) is 24.2 Å². The molecule has 31 heavy (non-hydrogen) atoms. The predicted molar refractivity (Wildman–Crippen MR) is 121 cm³/mol. The van der Waals surface area contributed by atoms with E-state index in [1.807, 2.05) is 12.1 Å². The predicted octanol–water partition coefficient (Wildman–Crippen LogP) is 4.93. The summed E-state index contributed by atoms with van der Waals surface area (Å²) >= 11 is 6.63. The minimum Gasteiger partial charge on any atom is -0.489 e. The molecule has 1 saturated carbocycles. The monoisotopic (exact) mass is 444 g/mol. The third kappa shape index (κ3) is 5.58. The third-order valence-corrected chi connectivity index (χ3v) is 6.81. The summed E-state index contributed by atoms with van der Waals surface area (Å²) in [4.78, 5) is 16.6. The number of hydrogen-bond acceptors (Lipinski definition) is 3. The Kier molecular flexibility index (Phi) is 7.13. The quantitative estimate of drug-likeness (QED) is 0.578. The Morgan fingerprint density at radius 1 is 1.13 bits per heavy atom. The number of carbonyl (C=O) groups excluding carboxylic acids is 1. The summed E-state index contributed by atoms with van der Waals surface area (Å²) in [5, 5.41) is 0.718. The minimum absolute atomic E-state index is 0.0628. The van der Waals surface area contributed by atoms with E-state index in [9.17, 15) is 9.18 Å². The highest BCUT2D eigenvalue weighted by atomic mass is 35.5. The molecule has 2 aromatic rings. The van der Waals surface area contributed by atoms with Gasteiger partial charge in [-0.1, -0.05) is 41.9 Å². The van der Waals surface area contributed by atoms with Gasteiger partial charge in [0.05, 0.1) is 17.5 Å². The van der Waals surface area contributed by atoms with E-state index < -0.39 is 0 Å². The molecule has 6 heteroatoms. The molecule has 1 saturated heterocycles. The molecule has 2 aromatic carbocycles. The van der Waals surface area contributed by atoms with Crippen molar-refractivity contribution in [3.63, 3.8) is 0 Å². The van der Waals surface area contributed by atoms with Gasteiger partial charge in [0.15, 0.2) is 0 Å². The maximum Gasteiger partial charge on any atom is 0.226 e. The molecule has 2 fully saturated rings. The Balaban J connectivity index is 1.24. The number of benzene rings is 2. The second kappa shape index (κ2) is 10.0. The summed E-state index contributed by atoms with van der Waals surface area (Å²) in [5.74, 6) is 0.759. The van der Waals surface area contributed by atoms with Gasteiger partial charge in [0.2, 0.25) is 5.91 Å². The molecule has 1 aliphatic heterocycles. The summed E-state index contributed by atoms with van der Waals surface area (Å²) in [6.07, 6.45) is 4.52. The van der Waals surface area contributed by atoms with Crippen LogP contribution >= 0.6 is 11.6 Å². The largest absolute Gasteiger partial charge is 0.489 e. The second-order valence-electron chi connectivity index (χ2n) is 8.83.